The van der Waals surface area contributed by atoms with Crippen molar-refractivity contribution in [3.8, 4) is 0 Å². The standard InChI is InChI=1S/C30H42N2O7/c1-30(2,3)39-27(35)18-23-13-8-7-12-22(28(36)32-15-9-14-25(32)20-38-29(23)37)17-26(34)31-24(19-33)16-21-10-5-4-6-11-21/h4-8,10-11,22-25,33H,9,12-20H2,1-3H3,(H,31,34)/b8-7+/t22-,23+,24+,25-/m0/s1. The lowest BCUT2D eigenvalue weighted by molar-refractivity contribution is -0.162. The highest BCUT2D eigenvalue weighted by Gasteiger charge is 2.36. The van der Waals surface area contributed by atoms with Crippen LogP contribution in [0.5, 0.6) is 0 Å². The number of esters is 2. The highest BCUT2D eigenvalue weighted by molar-refractivity contribution is 5.86. The first-order chi connectivity index (χ1) is 18.6. The van der Waals surface area contributed by atoms with Crippen molar-refractivity contribution >= 4 is 23.8 Å². The van der Waals surface area contributed by atoms with Gasteiger partial charge >= 0.3 is 11.9 Å². The molecule has 2 amide bonds. The number of benzene rings is 1. The van der Waals surface area contributed by atoms with Crippen LogP contribution in [0.2, 0.25) is 0 Å². The van der Waals surface area contributed by atoms with E-state index in [1.807, 2.05) is 30.3 Å². The topological polar surface area (TPSA) is 122 Å². The Balaban J connectivity index is 1.69. The van der Waals surface area contributed by atoms with Crippen LogP contribution < -0.4 is 5.32 Å². The molecule has 214 valence electrons. The van der Waals surface area contributed by atoms with Gasteiger partial charge in [0.1, 0.15) is 12.2 Å². The fraction of sp³-hybridized carbons (Fsp3) is 0.600. The Bertz CT molecular complexity index is 1020. The summed E-state index contributed by atoms with van der Waals surface area (Å²) >= 11 is 0. The highest BCUT2D eigenvalue weighted by Crippen LogP contribution is 2.26. The van der Waals surface area contributed by atoms with Crippen LogP contribution in [0.4, 0.5) is 0 Å². The zero-order valence-corrected chi connectivity index (χ0v) is 23.3. The van der Waals surface area contributed by atoms with Gasteiger partial charge in [0.15, 0.2) is 0 Å². The van der Waals surface area contributed by atoms with Crippen molar-refractivity contribution < 1.29 is 33.8 Å². The summed E-state index contributed by atoms with van der Waals surface area (Å²) in [4.78, 5) is 53.4. The van der Waals surface area contributed by atoms with Crippen LogP contribution in [-0.4, -0.2) is 71.2 Å². The van der Waals surface area contributed by atoms with Crippen molar-refractivity contribution in [1.82, 2.24) is 10.2 Å². The second-order valence-corrected chi connectivity index (χ2v) is 11.4. The lowest BCUT2D eigenvalue weighted by Gasteiger charge is -2.29. The number of rotatable bonds is 8. The third kappa shape index (κ3) is 9.80. The van der Waals surface area contributed by atoms with E-state index in [4.69, 9.17) is 9.47 Å². The number of hydrogen-bond donors (Lipinski definition) is 2. The van der Waals surface area contributed by atoms with Crippen molar-refractivity contribution in [3.63, 3.8) is 0 Å². The molecule has 0 saturated carbocycles. The third-order valence-corrected chi connectivity index (χ3v) is 6.94. The number of aliphatic hydroxyl groups excluding tert-OH is 1. The molecule has 1 fully saturated rings. The van der Waals surface area contributed by atoms with Gasteiger partial charge in [0.25, 0.3) is 0 Å². The average Bonchev–Trinajstić information content (AvgIpc) is 3.35. The zero-order chi connectivity index (χ0) is 28.4. The van der Waals surface area contributed by atoms with Crippen molar-refractivity contribution in [2.24, 2.45) is 11.8 Å². The number of aliphatic hydroxyl groups is 1. The Morgan fingerprint density at radius 3 is 2.46 bits per heavy atom. The van der Waals surface area contributed by atoms with Crippen molar-refractivity contribution in [2.45, 2.75) is 83.4 Å². The maximum absolute atomic E-state index is 13.5. The maximum atomic E-state index is 13.5. The minimum atomic E-state index is -0.689. The Hall–Kier alpha value is -3.20. The zero-order valence-electron chi connectivity index (χ0n) is 23.3. The lowest BCUT2D eigenvalue weighted by Crippen LogP contribution is -2.45. The number of carbonyl (C=O) groups excluding carboxylic acids is 4. The molecule has 2 heterocycles. The fourth-order valence-corrected chi connectivity index (χ4v) is 5.04. The number of fused-ring (bicyclic) bond motifs is 1. The number of ether oxygens (including phenoxy) is 2. The Morgan fingerprint density at radius 2 is 1.79 bits per heavy atom. The highest BCUT2D eigenvalue weighted by atomic mass is 16.6. The first-order valence-corrected chi connectivity index (χ1v) is 13.8. The Morgan fingerprint density at radius 1 is 1.10 bits per heavy atom. The maximum Gasteiger partial charge on any atom is 0.309 e. The van der Waals surface area contributed by atoms with E-state index in [9.17, 15) is 24.3 Å². The van der Waals surface area contributed by atoms with E-state index in [1.54, 1.807) is 37.8 Å². The monoisotopic (exact) mass is 542 g/mol. The summed E-state index contributed by atoms with van der Waals surface area (Å²) < 4.78 is 11.0. The second kappa shape index (κ2) is 14.3. The van der Waals surface area contributed by atoms with Crippen LogP contribution in [0.15, 0.2) is 42.5 Å². The SMILES string of the molecule is CC(C)(C)OC(=O)C[C@H]1C/C=C/C[C@@H](CC(=O)N[C@@H](CO)Cc2ccccc2)C(=O)N2CCC[C@H]2COC1=O. The van der Waals surface area contributed by atoms with E-state index in [0.717, 1.165) is 12.0 Å². The first-order valence-electron chi connectivity index (χ1n) is 13.8. The Labute approximate surface area is 230 Å². The summed E-state index contributed by atoms with van der Waals surface area (Å²) in [6.45, 7) is 5.71. The molecule has 1 aromatic rings. The van der Waals surface area contributed by atoms with Gasteiger partial charge in [-0.2, -0.15) is 0 Å². The molecule has 1 aromatic carbocycles. The van der Waals surface area contributed by atoms with Gasteiger partial charge in [-0.15, -0.1) is 0 Å². The molecule has 0 unspecified atom stereocenters. The van der Waals surface area contributed by atoms with Crippen LogP contribution in [0.25, 0.3) is 0 Å². The second-order valence-electron chi connectivity index (χ2n) is 11.4. The molecule has 9 heteroatoms. The molecule has 39 heavy (non-hydrogen) atoms. The van der Waals surface area contributed by atoms with E-state index in [1.165, 1.54) is 0 Å². The normalized spacial score (nSPS) is 24.0. The molecular weight excluding hydrogens is 500 g/mol. The molecule has 0 spiro atoms. The molecule has 9 nitrogen and oxygen atoms in total. The van der Waals surface area contributed by atoms with Crippen LogP contribution >= 0.6 is 0 Å². The predicted molar refractivity (Wildman–Crippen MR) is 145 cm³/mol. The van der Waals surface area contributed by atoms with E-state index in [-0.39, 0.29) is 50.3 Å². The summed E-state index contributed by atoms with van der Waals surface area (Å²) in [5, 5.41) is 12.7. The van der Waals surface area contributed by atoms with Gasteiger partial charge in [0.05, 0.1) is 36.9 Å². The molecule has 0 bridgehead atoms. The number of nitrogens with zero attached hydrogens (tertiary/aromatic N) is 1. The summed E-state index contributed by atoms with van der Waals surface area (Å²) in [6.07, 6.45) is 6.02. The van der Waals surface area contributed by atoms with Crippen LogP contribution in [-0.2, 0) is 35.1 Å². The third-order valence-electron chi connectivity index (χ3n) is 6.94. The predicted octanol–water partition coefficient (Wildman–Crippen LogP) is 2.94. The molecule has 3 rings (SSSR count). The average molecular weight is 543 g/mol. The van der Waals surface area contributed by atoms with Gasteiger partial charge in [0.2, 0.25) is 11.8 Å². The van der Waals surface area contributed by atoms with Gasteiger partial charge in [0, 0.05) is 13.0 Å². The van der Waals surface area contributed by atoms with Crippen molar-refractivity contribution in [3.05, 3.63) is 48.0 Å². The van der Waals surface area contributed by atoms with Crippen LogP contribution in [0.1, 0.15) is 64.9 Å². The summed E-state index contributed by atoms with van der Waals surface area (Å²) in [5.74, 6) is -2.65. The summed E-state index contributed by atoms with van der Waals surface area (Å²) in [5.41, 5.74) is 0.342. The molecule has 1 saturated heterocycles. The van der Waals surface area contributed by atoms with E-state index < -0.39 is 35.4 Å². The van der Waals surface area contributed by atoms with Gasteiger partial charge < -0.3 is 24.8 Å². The van der Waals surface area contributed by atoms with Gasteiger partial charge in [-0.1, -0.05) is 42.5 Å². The van der Waals surface area contributed by atoms with Crippen molar-refractivity contribution in [1.29, 1.82) is 0 Å². The van der Waals surface area contributed by atoms with Gasteiger partial charge in [-0.05, 0) is 58.4 Å². The lowest BCUT2D eigenvalue weighted by atomic mass is 9.95. The molecule has 0 aromatic heterocycles. The summed E-state index contributed by atoms with van der Waals surface area (Å²) in [6, 6.07) is 8.88. The van der Waals surface area contributed by atoms with E-state index in [2.05, 4.69) is 5.32 Å². The molecule has 0 radical (unpaired) electrons. The van der Waals surface area contributed by atoms with Crippen LogP contribution in [0, 0.1) is 11.8 Å². The Kier molecular flexibility index (Phi) is 11.1. The molecule has 4 atom stereocenters. The van der Waals surface area contributed by atoms with Crippen LogP contribution in [0.3, 0.4) is 0 Å². The van der Waals surface area contributed by atoms with Gasteiger partial charge in [-0.3, -0.25) is 19.2 Å². The minimum absolute atomic E-state index is 0.0151. The number of nitrogens with one attached hydrogen (secondary N) is 1. The molecule has 2 N–H and O–H groups in total. The van der Waals surface area contributed by atoms with Gasteiger partial charge in [-0.25, -0.2) is 0 Å². The first kappa shape index (κ1) is 30.3. The molecule has 2 aliphatic heterocycles. The summed E-state index contributed by atoms with van der Waals surface area (Å²) in [7, 11) is 0. The molecular formula is C30H42N2O7. The molecule has 0 aliphatic carbocycles. The number of hydrogen-bond acceptors (Lipinski definition) is 7. The molecule has 2 aliphatic rings. The minimum Gasteiger partial charge on any atom is -0.463 e. The smallest absolute Gasteiger partial charge is 0.309 e. The number of carbonyl (C=O) groups is 4. The number of allylic oxidation sites excluding steroid dienone is 2. The van der Waals surface area contributed by atoms with E-state index in [0.29, 0.717) is 25.8 Å². The van der Waals surface area contributed by atoms with Crippen molar-refractivity contribution in [2.75, 3.05) is 19.8 Å². The quantitative estimate of drug-likeness (QED) is 0.383. The largest absolute Gasteiger partial charge is 0.463 e. The van der Waals surface area contributed by atoms with E-state index >= 15 is 0 Å². The fourth-order valence-electron chi connectivity index (χ4n) is 5.04. The number of cyclic esters (lactones) is 1. The number of amides is 2.